The predicted octanol–water partition coefficient (Wildman–Crippen LogP) is -0.893. The van der Waals surface area contributed by atoms with Gasteiger partial charge in [-0.25, -0.2) is 4.72 Å². The Hall–Kier alpha value is -0.240. The molecule has 0 atom stereocenters. The van der Waals surface area contributed by atoms with Gasteiger partial charge in [-0.1, -0.05) is 19.1 Å². The van der Waals surface area contributed by atoms with Crippen LogP contribution in [0.15, 0.2) is 0 Å². The first-order chi connectivity index (χ1) is 5.48. The molecule has 0 aromatic rings. The van der Waals surface area contributed by atoms with E-state index in [1.165, 1.54) is 0 Å². The summed E-state index contributed by atoms with van der Waals surface area (Å²) >= 11 is 4.50. The molecule has 12 heavy (non-hydrogen) atoms. The summed E-state index contributed by atoms with van der Waals surface area (Å²) in [5.41, 5.74) is 5.11. The number of rotatable bonds is 6. The molecular formula is C5H13N3O2S2. The van der Waals surface area contributed by atoms with Crippen molar-refractivity contribution in [2.45, 2.75) is 13.3 Å². The lowest BCUT2D eigenvalue weighted by Gasteiger charge is -2.05. The first-order valence-corrected chi connectivity index (χ1v) is 5.39. The average Bonchev–Trinajstić information content (AvgIpc) is 1.98. The molecule has 0 aliphatic carbocycles. The van der Waals surface area contributed by atoms with Crippen LogP contribution in [-0.2, 0) is 10.2 Å². The molecule has 0 saturated carbocycles. The Morgan fingerprint density at radius 3 is 2.50 bits per heavy atom. The third-order valence-corrected chi connectivity index (χ3v) is 2.23. The van der Waals surface area contributed by atoms with Gasteiger partial charge in [0.15, 0.2) is 0 Å². The van der Waals surface area contributed by atoms with Gasteiger partial charge >= 0.3 is 0 Å². The molecule has 0 aromatic heterocycles. The van der Waals surface area contributed by atoms with Gasteiger partial charge in [-0.15, -0.1) is 0 Å². The fourth-order valence-electron chi connectivity index (χ4n) is 0.454. The third-order valence-electron chi connectivity index (χ3n) is 0.979. The second kappa shape index (κ2) is 5.41. The molecule has 0 amide bonds. The van der Waals surface area contributed by atoms with Crippen molar-refractivity contribution in [2.24, 2.45) is 5.73 Å². The molecule has 0 radical (unpaired) electrons. The van der Waals surface area contributed by atoms with Gasteiger partial charge in [0.1, 0.15) is 0 Å². The molecule has 72 valence electrons. The maximum absolute atomic E-state index is 11.0. The van der Waals surface area contributed by atoms with E-state index in [4.69, 9.17) is 5.73 Å². The lowest BCUT2D eigenvalue weighted by atomic mass is 10.5. The van der Waals surface area contributed by atoms with Crippen LogP contribution < -0.4 is 15.2 Å². The van der Waals surface area contributed by atoms with Crippen molar-refractivity contribution >= 4 is 27.4 Å². The molecular weight excluding hydrogens is 198 g/mol. The zero-order valence-electron chi connectivity index (χ0n) is 6.83. The van der Waals surface area contributed by atoms with Crippen molar-refractivity contribution in [3.63, 3.8) is 0 Å². The standard InChI is InChI=1S/C5H13N3O2S2/c1-2-3-7-12(9,10)8-4-5(6)11/h7-8H,2-4H2,1H3,(H2,6,11). The van der Waals surface area contributed by atoms with E-state index in [0.29, 0.717) is 6.54 Å². The van der Waals surface area contributed by atoms with E-state index in [0.717, 1.165) is 6.42 Å². The van der Waals surface area contributed by atoms with E-state index in [1.54, 1.807) is 0 Å². The van der Waals surface area contributed by atoms with Crippen LogP contribution in [0.25, 0.3) is 0 Å². The molecule has 0 rings (SSSR count). The van der Waals surface area contributed by atoms with Crippen LogP contribution in [0.1, 0.15) is 13.3 Å². The highest BCUT2D eigenvalue weighted by atomic mass is 32.2. The number of nitrogens with two attached hydrogens (primary N) is 1. The summed E-state index contributed by atoms with van der Waals surface area (Å²) in [6, 6.07) is 0. The van der Waals surface area contributed by atoms with Gasteiger partial charge in [-0.2, -0.15) is 13.1 Å². The highest BCUT2D eigenvalue weighted by molar-refractivity contribution is 7.87. The van der Waals surface area contributed by atoms with Crippen molar-refractivity contribution in [1.29, 1.82) is 0 Å². The summed E-state index contributed by atoms with van der Waals surface area (Å²) in [7, 11) is -3.41. The van der Waals surface area contributed by atoms with Crippen LogP contribution in [0, 0.1) is 0 Å². The summed E-state index contributed by atoms with van der Waals surface area (Å²) in [4.78, 5) is 0.122. The van der Waals surface area contributed by atoms with Gasteiger partial charge in [0, 0.05) is 6.54 Å². The largest absolute Gasteiger partial charge is 0.392 e. The lowest BCUT2D eigenvalue weighted by molar-refractivity contribution is 0.570. The first-order valence-electron chi connectivity index (χ1n) is 3.50. The molecule has 0 unspecified atom stereocenters. The maximum Gasteiger partial charge on any atom is 0.277 e. The van der Waals surface area contributed by atoms with Crippen LogP contribution in [0.2, 0.25) is 0 Å². The fraction of sp³-hybridized carbons (Fsp3) is 0.800. The van der Waals surface area contributed by atoms with Crippen molar-refractivity contribution in [1.82, 2.24) is 9.44 Å². The SMILES string of the molecule is CCCNS(=O)(=O)NCC(N)=S. The molecule has 0 aromatic carbocycles. The van der Waals surface area contributed by atoms with Gasteiger partial charge in [0.05, 0.1) is 11.5 Å². The third kappa shape index (κ3) is 6.47. The lowest BCUT2D eigenvalue weighted by Crippen LogP contribution is -2.40. The second-order valence-corrected chi connectivity index (χ2v) is 4.29. The van der Waals surface area contributed by atoms with E-state index in [9.17, 15) is 8.42 Å². The van der Waals surface area contributed by atoms with Gasteiger partial charge in [-0.3, -0.25) is 0 Å². The van der Waals surface area contributed by atoms with Gasteiger partial charge in [0.2, 0.25) is 0 Å². The van der Waals surface area contributed by atoms with Gasteiger partial charge < -0.3 is 5.73 Å². The van der Waals surface area contributed by atoms with E-state index in [-0.39, 0.29) is 11.5 Å². The van der Waals surface area contributed by atoms with Crippen LogP contribution in [0.4, 0.5) is 0 Å². The van der Waals surface area contributed by atoms with Crippen molar-refractivity contribution in [2.75, 3.05) is 13.1 Å². The second-order valence-electron chi connectivity index (χ2n) is 2.19. The maximum atomic E-state index is 11.0. The normalized spacial score (nSPS) is 11.4. The summed E-state index contributed by atoms with van der Waals surface area (Å²) in [5, 5.41) is 0. The van der Waals surface area contributed by atoms with Crippen molar-refractivity contribution < 1.29 is 8.42 Å². The van der Waals surface area contributed by atoms with Crippen LogP contribution >= 0.6 is 12.2 Å². The molecule has 0 spiro atoms. The Morgan fingerprint density at radius 1 is 1.50 bits per heavy atom. The molecule has 7 heteroatoms. The fourth-order valence-corrected chi connectivity index (χ4v) is 1.54. The minimum atomic E-state index is -3.41. The summed E-state index contributed by atoms with van der Waals surface area (Å²) in [5.74, 6) is 0. The molecule has 0 aliphatic heterocycles. The average molecular weight is 211 g/mol. The number of hydrogen-bond donors (Lipinski definition) is 3. The van der Waals surface area contributed by atoms with Gasteiger partial charge in [0.25, 0.3) is 10.2 Å². The predicted molar refractivity (Wildman–Crippen MR) is 52.0 cm³/mol. The van der Waals surface area contributed by atoms with E-state index < -0.39 is 10.2 Å². The van der Waals surface area contributed by atoms with Crippen LogP contribution in [0.3, 0.4) is 0 Å². The minimum absolute atomic E-state index is 0.00557. The molecule has 0 bridgehead atoms. The van der Waals surface area contributed by atoms with E-state index in [2.05, 4.69) is 21.7 Å². The van der Waals surface area contributed by atoms with Gasteiger partial charge in [-0.05, 0) is 6.42 Å². The Kier molecular flexibility index (Phi) is 5.31. The quantitative estimate of drug-likeness (QED) is 0.497. The summed E-state index contributed by atoms with van der Waals surface area (Å²) in [6.45, 7) is 2.27. The van der Waals surface area contributed by atoms with Crippen LogP contribution in [-0.4, -0.2) is 26.5 Å². The molecule has 0 aliphatic rings. The Bertz CT molecular complexity index is 237. The topological polar surface area (TPSA) is 84.2 Å². The summed E-state index contributed by atoms with van der Waals surface area (Å²) in [6.07, 6.45) is 0.744. The van der Waals surface area contributed by atoms with Crippen molar-refractivity contribution in [3.8, 4) is 0 Å². The number of hydrogen-bond acceptors (Lipinski definition) is 3. The minimum Gasteiger partial charge on any atom is -0.392 e. The number of thiocarbonyl (C=S) groups is 1. The van der Waals surface area contributed by atoms with E-state index in [1.807, 2.05) is 6.92 Å². The zero-order valence-corrected chi connectivity index (χ0v) is 8.46. The molecule has 4 N–H and O–H groups in total. The highest BCUT2D eigenvalue weighted by Gasteiger charge is 2.06. The Labute approximate surface area is 77.9 Å². The van der Waals surface area contributed by atoms with Crippen molar-refractivity contribution in [3.05, 3.63) is 0 Å². The summed E-state index contributed by atoms with van der Waals surface area (Å²) < 4.78 is 26.4. The first kappa shape index (κ1) is 11.8. The molecule has 0 saturated heterocycles. The van der Waals surface area contributed by atoms with Crippen LogP contribution in [0.5, 0.6) is 0 Å². The monoisotopic (exact) mass is 211 g/mol. The smallest absolute Gasteiger partial charge is 0.277 e. The number of nitrogens with one attached hydrogen (secondary N) is 2. The Balaban J connectivity index is 3.80. The molecule has 0 fully saturated rings. The molecule has 0 heterocycles. The molecule has 5 nitrogen and oxygen atoms in total. The Morgan fingerprint density at radius 2 is 2.08 bits per heavy atom. The zero-order chi connectivity index (χ0) is 9.61. The van der Waals surface area contributed by atoms with E-state index >= 15 is 0 Å². The highest BCUT2D eigenvalue weighted by Crippen LogP contribution is 1.78.